The molecule has 1 unspecified atom stereocenters. The van der Waals surface area contributed by atoms with Gasteiger partial charge >= 0.3 is 0 Å². The molecular weight excluding hydrogens is 344 g/mol. The van der Waals surface area contributed by atoms with Gasteiger partial charge in [-0.15, -0.1) is 0 Å². The van der Waals surface area contributed by atoms with Gasteiger partial charge in [0.1, 0.15) is 5.75 Å². The van der Waals surface area contributed by atoms with Crippen molar-refractivity contribution in [2.24, 2.45) is 0 Å². The van der Waals surface area contributed by atoms with E-state index in [9.17, 15) is 0 Å². The topological polar surface area (TPSA) is 47.3 Å². The molecule has 2 N–H and O–H groups in total. The lowest BCUT2D eigenvalue weighted by atomic mass is 10.0. The number of rotatable bonds is 5. The van der Waals surface area contributed by atoms with Gasteiger partial charge in [-0.1, -0.05) is 18.5 Å². The van der Waals surface area contributed by atoms with Crippen molar-refractivity contribution in [2.45, 2.75) is 45.3 Å². The molecule has 1 aromatic carbocycles. The highest BCUT2D eigenvalue weighted by Gasteiger charge is 2.25. The smallest absolute Gasteiger partial charge is 0.221 e. The average Bonchev–Trinajstić information content (AvgIpc) is 2.96. The van der Waals surface area contributed by atoms with E-state index in [4.69, 9.17) is 28.6 Å². The molecule has 1 aliphatic rings. The lowest BCUT2D eigenvalue weighted by Crippen LogP contribution is -3.15. The van der Waals surface area contributed by atoms with E-state index >= 15 is 0 Å². The van der Waals surface area contributed by atoms with Crippen molar-refractivity contribution in [2.75, 3.05) is 13.7 Å². The zero-order valence-corrected chi connectivity index (χ0v) is 15.7. The summed E-state index contributed by atoms with van der Waals surface area (Å²) in [4.78, 5) is 6.09. The van der Waals surface area contributed by atoms with Crippen LogP contribution in [0.15, 0.2) is 18.2 Å². The molecule has 24 heavy (non-hydrogen) atoms. The van der Waals surface area contributed by atoms with Crippen molar-refractivity contribution in [1.29, 1.82) is 0 Å². The molecule has 0 radical (unpaired) electrons. The zero-order chi connectivity index (χ0) is 17.1. The summed E-state index contributed by atoms with van der Waals surface area (Å²) in [6.07, 6.45) is 5.11. The largest absolute Gasteiger partial charge is 0.496 e. The summed E-state index contributed by atoms with van der Waals surface area (Å²) in [6.45, 7) is 4.28. The molecule has 1 aliphatic heterocycles. The molecule has 7 heteroatoms. The fraction of sp³-hybridized carbons (Fsp3) is 0.529. The summed E-state index contributed by atoms with van der Waals surface area (Å²) < 4.78 is 7.96. The second-order valence-electron chi connectivity index (χ2n) is 6.29. The van der Waals surface area contributed by atoms with E-state index in [1.54, 1.807) is 18.1 Å². The third-order valence-corrected chi connectivity index (χ3v) is 5.37. The fourth-order valence-electron chi connectivity index (χ4n) is 3.50. The number of nitrogens with zero attached hydrogens (tertiary/aromatic N) is 2. The second kappa shape index (κ2) is 7.68. The number of methoxy groups -OCH3 is 1. The molecule has 1 aromatic heterocycles. The minimum absolute atomic E-state index is 0.569. The van der Waals surface area contributed by atoms with Gasteiger partial charge in [0.15, 0.2) is 12.5 Å². The highest BCUT2D eigenvalue weighted by atomic mass is 35.5. The SMILES string of the molecule is CC[C@@H]1CCCC[NH+]1Cn1[nH]c(-c2cc(Cl)ccc2OC)nc1=S. The molecule has 1 fully saturated rings. The first-order valence-electron chi connectivity index (χ1n) is 8.47. The van der Waals surface area contributed by atoms with Crippen molar-refractivity contribution in [1.82, 2.24) is 14.8 Å². The third kappa shape index (κ3) is 3.66. The van der Waals surface area contributed by atoms with E-state index < -0.39 is 0 Å². The quantitative estimate of drug-likeness (QED) is 0.798. The van der Waals surface area contributed by atoms with Crippen molar-refractivity contribution >= 4 is 23.8 Å². The van der Waals surface area contributed by atoms with Crippen LogP contribution in [-0.2, 0) is 6.67 Å². The molecular formula is C17H24ClN4OS+. The van der Waals surface area contributed by atoms with Crippen LogP contribution in [0.2, 0.25) is 5.02 Å². The standard InChI is InChI=1S/C17H23ClN4OS/c1-3-13-6-4-5-9-21(13)11-22-17(24)19-16(20-22)14-10-12(18)7-8-15(14)23-2/h7-8,10,13H,3-6,9,11H2,1-2H3,(H,19,20,24)/p+1/t13-/m1/s1. The van der Waals surface area contributed by atoms with Gasteiger partial charge in [0.2, 0.25) is 4.77 Å². The number of piperidine rings is 1. The first kappa shape index (κ1) is 17.5. The molecule has 0 aliphatic carbocycles. The van der Waals surface area contributed by atoms with Crippen molar-refractivity contribution in [3.8, 4) is 17.1 Å². The minimum Gasteiger partial charge on any atom is -0.496 e. The van der Waals surface area contributed by atoms with Gasteiger partial charge in [-0.3, -0.25) is 5.10 Å². The number of halogens is 1. The Morgan fingerprint density at radius 3 is 3.04 bits per heavy atom. The summed E-state index contributed by atoms with van der Waals surface area (Å²) in [6, 6.07) is 6.20. The van der Waals surface area contributed by atoms with E-state index in [1.807, 2.05) is 16.8 Å². The number of benzene rings is 1. The Balaban J connectivity index is 1.88. The van der Waals surface area contributed by atoms with Gasteiger partial charge in [0, 0.05) is 5.02 Å². The molecule has 130 valence electrons. The van der Waals surface area contributed by atoms with E-state index in [1.165, 1.54) is 32.2 Å². The monoisotopic (exact) mass is 367 g/mol. The van der Waals surface area contributed by atoms with Crippen LogP contribution >= 0.6 is 23.8 Å². The number of likely N-dealkylation sites (tertiary alicyclic amines) is 1. The maximum Gasteiger partial charge on any atom is 0.221 e. The molecule has 1 saturated heterocycles. The van der Waals surface area contributed by atoms with Gasteiger partial charge < -0.3 is 9.64 Å². The zero-order valence-electron chi connectivity index (χ0n) is 14.1. The Labute approximate surface area is 152 Å². The molecule has 0 saturated carbocycles. The van der Waals surface area contributed by atoms with Crippen molar-refractivity contribution in [3.63, 3.8) is 0 Å². The summed E-state index contributed by atoms with van der Waals surface area (Å²) in [5, 5.41) is 3.98. The number of nitrogens with one attached hydrogen (secondary N) is 2. The molecule has 0 spiro atoms. The summed E-state index contributed by atoms with van der Waals surface area (Å²) in [7, 11) is 1.64. The summed E-state index contributed by atoms with van der Waals surface area (Å²) >= 11 is 11.6. The number of H-pyrrole nitrogens is 1. The number of hydrogen-bond donors (Lipinski definition) is 2. The van der Waals surface area contributed by atoms with E-state index in [2.05, 4.69) is 17.0 Å². The lowest BCUT2D eigenvalue weighted by molar-refractivity contribution is -0.953. The molecule has 2 atom stereocenters. The molecule has 5 nitrogen and oxygen atoms in total. The first-order valence-corrected chi connectivity index (χ1v) is 9.26. The van der Waals surface area contributed by atoms with Crippen LogP contribution < -0.4 is 9.64 Å². The highest BCUT2D eigenvalue weighted by Crippen LogP contribution is 2.30. The van der Waals surface area contributed by atoms with Crippen LogP contribution in [0.25, 0.3) is 11.4 Å². The van der Waals surface area contributed by atoms with E-state index in [0.717, 1.165) is 18.0 Å². The van der Waals surface area contributed by atoms with Gasteiger partial charge in [0.05, 0.1) is 25.3 Å². The number of ether oxygens (including phenoxy) is 1. The number of aromatic amines is 1. The average molecular weight is 368 g/mol. The Morgan fingerprint density at radius 1 is 1.46 bits per heavy atom. The third-order valence-electron chi connectivity index (χ3n) is 4.83. The van der Waals surface area contributed by atoms with E-state index in [-0.39, 0.29) is 0 Å². The van der Waals surface area contributed by atoms with Gasteiger partial charge in [-0.05, 0) is 56.1 Å². The molecule has 2 heterocycles. The van der Waals surface area contributed by atoms with Crippen LogP contribution in [-0.4, -0.2) is 34.5 Å². The van der Waals surface area contributed by atoms with Crippen LogP contribution in [0.1, 0.15) is 32.6 Å². The Bertz CT molecular complexity index is 757. The van der Waals surface area contributed by atoms with Gasteiger partial charge in [-0.25, -0.2) is 4.68 Å². The fourth-order valence-corrected chi connectivity index (χ4v) is 3.88. The Morgan fingerprint density at radius 2 is 2.29 bits per heavy atom. The van der Waals surface area contributed by atoms with Crippen LogP contribution in [0.5, 0.6) is 5.75 Å². The predicted octanol–water partition coefficient (Wildman–Crippen LogP) is 3.07. The van der Waals surface area contributed by atoms with Crippen molar-refractivity contribution in [3.05, 3.63) is 28.0 Å². The Hall–Kier alpha value is -1.37. The second-order valence-corrected chi connectivity index (χ2v) is 7.10. The molecule has 2 aromatic rings. The summed E-state index contributed by atoms with van der Waals surface area (Å²) in [5.41, 5.74) is 0.829. The number of quaternary nitrogens is 1. The van der Waals surface area contributed by atoms with Gasteiger partial charge in [-0.2, -0.15) is 4.98 Å². The maximum atomic E-state index is 6.13. The lowest BCUT2D eigenvalue weighted by Gasteiger charge is -2.31. The highest BCUT2D eigenvalue weighted by molar-refractivity contribution is 7.71. The van der Waals surface area contributed by atoms with Crippen LogP contribution in [0.4, 0.5) is 0 Å². The first-order chi connectivity index (χ1) is 11.6. The van der Waals surface area contributed by atoms with E-state index in [0.29, 0.717) is 21.7 Å². The predicted molar refractivity (Wildman–Crippen MR) is 98.2 cm³/mol. The normalized spacial score (nSPS) is 21.0. The maximum absolute atomic E-state index is 6.13. The molecule has 0 bridgehead atoms. The number of hydrogen-bond acceptors (Lipinski definition) is 3. The molecule has 0 amide bonds. The van der Waals surface area contributed by atoms with Crippen LogP contribution in [0, 0.1) is 4.77 Å². The number of aromatic nitrogens is 3. The van der Waals surface area contributed by atoms with Gasteiger partial charge in [0.25, 0.3) is 0 Å². The van der Waals surface area contributed by atoms with Crippen molar-refractivity contribution < 1.29 is 9.64 Å². The Kier molecular flexibility index (Phi) is 5.58. The van der Waals surface area contributed by atoms with Crippen LogP contribution in [0.3, 0.4) is 0 Å². The molecule has 3 rings (SSSR count). The summed E-state index contributed by atoms with van der Waals surface area (Å²) in [5.74, 6) is 1.43. The minimum atomic E-state index is 0.569.